The van der Waals surface area contributed by atoms with Crippen LogP contribution in [0.5, 0.6) is 5.75 Å². The van der Waals surface area contributed by atoms with Crippen molar-refractivity contribution in [2.45, 2.75) is 38.1 Å². The van der Waals surface area contributed by atoms with Crippen LogP contribution in [0.3, 0.4) is 0 Å². The molecule has 114 valence electrons. The third kappa shape index (κ3) is 3.45. The monoisotopic (exact) mass is 292 g/mol. The van der Waals surface area contributed by atoms with Gasteiger partial charge in [0.05, 0.1) is 5.69 Å². The molecule has 1 aromatic rings. The first-order valence-electron chi connectivity index (χ1n) is 7.09. The van der Waals surface area contributed by atoms with E-state index >= 15 is 0 Å². The first-order valence-corrected chi connectivity index (χ1v) is 7.09. The van der Waals surface area contributed by atoms with Crippen molar-refractivity contribution in [1.82, 2.24) is 4.90 Å². The quantitative estimate of drug-likeness (QED) is 0.747. The zero-order chi connectivity index (χ0) is 15.4. The SMILES string of the molecule is CN(C(=O)Nc1cccc(C(=O)O)c1O)C1CCCCC1. The Balaban J connectivity index is 2.08. The Bertz CT molecular complexity index is 538. The van der Waals surface area contributed by atoms with Crippen LogP contribution in [0.1, 0.15) is 42.5 Å². The first kappa shape index (κ1) is 15.2. The largest absolute Gasteiger partial charge is 0.505 e. The van der Waals surface area contributed by atoms with Crippen molar-refractivity contribution in [2.24, 2.45) is 0 Å². The van der Waals surface area contributed by atoms with E-state index in [1.807, 2.05) is 0 Å². The van der Waals surface area contributed by atoms with Crippen LogP contribution in [-0.2, 0) is 0 Å². The Morgan fingerprint density at radius 1 is 1.24 bits per heavy atom. The van der Waals surface area contributed by atoms with Crippen molar-refractivity contribution in [3.05, 3.63) is 23.8 Å². The maximum atomic E-state index is 12.2. The van der Waals surface area contributed by atoms with Crippen LogP contribution in [0.25, 0.3) is 0 Å². The normalized spacial score (nSPS) is 15.5. The van der Waals surface area contributed by atoms with Gasteiger partial charge in [0.2, 0.25) is 0 Å². The smallest absolute Gasteiger partial charge is 0.339 e. The van der Waals surface area contributed by atoms with Crippen molar-refractivity contribution < 1.29 is 19.8 Å². The van der Waals surface area contributed by atoms with Crippen molar-refractivity contribution >= 4 is 17.7 Å². The minimum atomic E-state index is -1.23. The minimum Gasteiger partial charge on any atom is -0.505 e. The Kier molecular flexibility index (Phi) is 4.67. The Morgan fingerprint density at radius 2 is 1.90 bits per heavy atom. The molecule has 2 rings (SSSR count). The second-order valence-corrected chi connectivity index (χ2v) is 5.34. The topological polar surface area (TPSA) is 89.9 Å². The van der Waals surface area contributed by atoms with Crippen LogP contribution in [0, 0.1) is 0 Å². The van der Waals surface area contributed by atoms with E-state index in [9.17, 15) is 14.7 Å². The molecule has 0 unspecified atom stereocenters. The molecule has 6 heteroatoms. The summed E-state index contributed by atoms with van der Waals surface area (Å²) in [6.07, 6.45) is 5.38. The fraction of sp³-hybridized carbons (Fsp3) is 0.467. The van der Waals surface area contributed by atoms with Crippen LogP contribution >= 0.6 is 0 Å². The molecule has 0 saturated heterocycles. The average Bonchev–Trinajstić information content (AvgIpc) is 2.49. The third-order valence-corrected chi connectivity index (χ3v) is 3.95. The number of urea groups is 1. The van der Waals surface area contributed by atoms with E-state index in [-0.39, 0.29) is 23.3 Å². The summed E-state index contributed by atoms with van der Waals surface area (Å²) in [6.45, 7) is 0. The van der Waals surface area contributed by atoms with E-state index in [2.05, 4.69) is 5.32 Å². The number of carbonyl (C=O) groups excluding carboxylic acids is 1. The Morgan fingerprint density at radius 3 is 2.52 bits per heavy atom. The van der Waals surface area contributed by atoms with Gasteiger partial charge >= 0.3 is 12.0 Å². The van der Waals surface area contributed by atoms with Gasteiger partial charge < -0.3 is 20.4 Å². The van der Waals surface area contributed by atoms with E-state index in [0.29, 0.717) is 0 Å². The third-order valence-electron chi connectivity index (χ3n) is 3.95. The number of carboxylic acid groups (broad SMARTS) is 1. The number of anilines is 1. The molecule has 6 nitrogen and oxygen atoms in total. The maximum Gasteiger partial charge on any atom is 0.339 e. The molecule has 1 aliphatic rings. The van der Waals surface area contributed by atoms with E-state index in [0.717, 1.165) is 25.7 Å². The predicted octanol–water partition coefficient (Wildman–Crippen LogP) is 2.89. The highest BCUT2D eigenvalue weighted by atomic mass is 16.4. The van der Waals surface area contributed by atoms with Gasteiger partial charge in [0, 0.05) is 13.1 Å². The van der Waals surface area contributed by atoms with Gasteiger partial charge in [0.15, 0.2) is 5.75 Å². The number of nitrogens with zero attached hydrogens (tertiary/aromatic N) is 1. The van der Waals surface area contributed by atoms with E-state index in [1.54, 1.807) is 11.9 Å². The number of hydrogen-bond acceptors (Lipinski definition) is 3. The Hall–Kier alpha value is -2.24. The van der Waals surface area contributed by atoms with E-state index in [4.69, 9.17) is 5.11 Å². The highest BCUT2D eigenvalue weighted by Gasteiger charge is 2.23. The molecule has 0 heterocycles. The Labute approximate surface area is 123 Å². The molecule has 0 bridgehead atoms. The van der Waals surface area contributed by atoms with Crippen molar-refractivity contribution in [3.63, 3.8) is 0 Å². The molecule has 0 atom stereocenters. The van der Waals surface area contributed by atoms with Gasteiger partial charge in [-0.2, -0.15) is 0 Å². The summed E-state index contributed by atoms with van der Waals surface area (Å²) in [4.78, 5) is 24.8. The lowest BCUT2D eigenvalue weighted by Crippen LogP contribution is -2.40. The highest BCUT2D eigenvalue weighted by Crippen LogP contribution is 2.28. The zero-order valence-electron chi connectivity index (χ0n) is 12.0. The van der Waals surface area contributed by atoms with Crippen LogP contribution in [-0.4, -0.2) is 40.2 Å². The van der Waals surface area contributed by atoms with Gasteiger partial charge in [-0.3, -0.25) is 0 Å². The highest BCUT2D eigenvalue weighted by molar-refractivity contribution is 5.97. The molecule has 0 spiro atoms. The average molecular weight is 292 g/mol. The lowest BCUT2D eigenvalue weighted by Gasteiger charge is -2.31. The molecule has 1 fully saturated rings. The van der Waals surface area contributed by atoms with Gasteiger partial charge in [0.25, 0.3) is 0 Å². The summed E-state index contributed by atoms with van der Waals surface area (Å²) in [5.41, 5.74) is -0.115. The number of rotatable bonds is 3. The van der Waals surface area contributed by atoms with Gasteiger partial charge in [-0.15, -0.1) is 0 Å². The molecule has 3 N–H and O–H groups in total. The molecule has 1 saturated carbocycles. The predicted molar refractivity (Wildman–Crippen MR) is 78.7 cm³/mol. The lowest BCUT2D eigenvalue weighted by molar-refractivity contribution is 0.0693. The van der Waals surface area contributed by atoms with Crippen molar-refractivity contribution in [1.29, 1.82) is 0 Å². The first-order chi connectivity index (χ1) is 10.0. The van der Waals surface area contributed by atoms with Gasteiger partial charge in [-0.05, 0) is 25.0 Å². The number of carbonyl (C=O) groups is 2. The molecule has 1 aromatic carbocycles. The molecule has 0 radical (unpaired) electrons. The van der Waals surface area contributed by atoms with Gasteiger partial charge in [-0.25, -0.2) is 9.59 Å². The van der Waals surface area contributed by atoms with Crippen LogP contribution < -0.4 is 5.32 Å². The summed E-state index contributed by atoms with van der Waals surface area (Å²) < 4.78 is 0. The maximum absolute atomic E-state index is 12.2. The summed E-state index contributed by atoms with van der Waals surface area (Å²) in [7, 11) is 1.73. The second-order valence-electron chi connectivity index (χ2n) is 5.34. The fourth-order valence-corrected chi connectivity index (χ4v) is 2.65. The molecule has 0 aliphatic heterocycles. The van der Waals surface area contributed by atoms with Crippen LogP contribution in [0.2, 0.25) is 0 Å². The van der Waals surface area contributed by atoms with Crippen LogP contribution in [0.4, 0.5) is 10.5 Å². The summed E-state index contributed by atoms with van der Waals surface area (Å²) in [5, 5.41) is 21.4. The molecule has 0 aromatic heterocycles. The lowest BCUT2D eigenvalue weighted by atomic mass is 9.95. The number of aromatic hydroxyl groups is 1. The standard InChI is InChI=1S/C15H20N2O4/c1-17(10-6-3-2-4-7-10)15(21)16-12-9-5-8-11(13(12)18)14(19)20/h5,8-10,18H,2-4,6-7H2,1H3,(H,16,21)(H,19,20). The number of phenols is 1. The second kappa shape index (κ2) is 6.47. The number of nitrogens with one attached hydrogen (secondary N) is 1. The summed E-state index contributed by atoms with van der Waals surface area (Å²) >= 11 is 0. The number of para-hydroxylation sites is 1. The number of carboxylic acids is 1. The van der Waals surface area contributed by atoms with Gasteiger partial charge in [0.1, 0.15) is 5.56 Å². The number of aromatic carboxylic acids is 1. The molecular formula is C15H20N2O4. The van der Waals surface area contributed by atoms with Crippen LogP contribution in [0.15, 0.2) is 18.2 Å². The van der Waals surface area contributed by atoms with E-state index in [1.165, 1.54) is 24.6 Å². The fourth-order valence-electron chi connectivity index (χ4n) is 2.65. The van der Waals surface area contributed by atoms with E-state index < -0.39 is 11.7 Å². The summed E-state index contributed by atoms with van der Waals surface area (Å²) in [5.74, 6) is -1.65. The summed E-state index contributed by atoms with van der Waals surface area (Å²) in [6, 6.07) is 4.12. The van der Waals surface area contributed by atoms with Crippen molar-refractivity contribution in [2.75, 3.05) is 12.4 Å². The molecule has 21 heavy (non-hydrogen) atoms. The minimum absolute atomic E-state index is 0.113. The van der Waals surface area contributed by atoms with Crippen molar-refractivity contribution in [3.8, 4) is 5.75 Å². The molecular weight excluding hydrogens is 272 g/mol. The number of hydrogen-bond donors (Lipinski definition) is 3. The number of benzene rings is 1. The van der Waals surface area contributed by atoms with Gasteiger partial charge in [-0.1, -0.05) is 25.3 Å². The number of amides is 2. The molecule has 2 amide bonds. The molecule has 1 aliphatic carbocycles. The zero-order valence-corrected chi connectivity index (χ0v) is 12.0.